The van der Waals surface area contributed by atoms with E-state index in [1.807, 2.05) is 24.4 Å². The SMILES string of the molecule is C=CCN(I)c1cccnc1. The lowest BCUT2D eigenvalue weighted by Crippen LogP contribution is -2.07. The van der Waals surface area contributed by atoms with Crippen LogP contribution >= 0.6 is 22.9 Å². The normalized spacial score (nSPS) is 9.18. The third-order valence-electron chi connectivity index (χ3n) is 1.22. The Hall–Kier alpha value is -0.580. The first-order valence-electron chi connectivity index (χ1n) is 3.29. The van der Waals surface area contributed by atoms with Crippen LogP contribution in [0.5, 0.6) is 0 Å². The maximum absolute atomic E-state index is 4.01. The number of anilines is 1. The van der Waals surface area contributed by atoms with Crippen molar-refractivity contribution in [1.82, 2.24) is 4.98 Å². The van der Waals surface area contributed by atoms with E-state index in [4.69, 9.17) is 0 Å². The smallest absolute Gasteiger partial charge is 0.0644 e. The van der Waals surface area contributed by atoms with Crippen LogP contribution in [0.15, 0.2) is 37.2 Å². The van der Waals surface area contributed by atoms with Crippen molar-refractivity contribution < 1.29 is 0 Å². The highest BCUT2D eigenvalue weighted by Crippen LogP contribution is 2.15. The Morgan fingerprint density at radius 1 is 1.73 bits per heavy atom. The van der Waals surface area contributed by atoms with Gasteiger partial charge in [-0.05, 0) is 12.1 Å². The maximum Gasteiger partial charge on any atom is 0.0644 e. The van der Waals surface area contributed by atoms with E-state index >= 15 is 0 Å². The average molecular weight is 260 g/mol. The molecule has 58 valence electrons. The van der Waals surface area contributed by atoms with Crippen LogP contribution in [0, 0.1) is 0 Å². The summed E-state index contributed by atoms with van der Waals surface area (Å²) in [4.78, 5) is 4.01. The summed E-state index contributed by atoms with van der Waals surface area (Å²) in [6.45, 7) is 4.50. The summed E-state index contributed by atoms with van der Waals surface area (Å²) in [5.74, 6) is 0. The van der Waals surface area contributed by atoms with Crippen LogP contribution in [0.25, 0.3) is 0 Å². The van der Waals surface area contributed by atoms with E-state index in [2.05, 4.69) is 37.5 Å². The molecule has 0 aliphatic heterocycles. The highest BCUT2D eigenvalue weighted by Gasteiger charge is 1.97. The highest BCUT2D eigenvalue weighted by atomic mass is 127. The van der Waals surface area contributed by atoms with E-state index in [0.29, 0.717) is 0 Å². The number of aromatic nitrogens is 1. The van der Waals surface area contributed by atoms with Crippen molar-refractivity contribution in [2.24, 2.45) is 0 Å². The molecule has 0 saturated carbocycles. The number of hydrogen-bond acceptors (Lipinski definition) is 2. The van der Waals surface area contributed by atoms with Gasteiger partial charge < -0.3 is 3.11 Å². The average Bonchev–Trinajstić information content (AvgIpc) is 2.07. The lowest BCUT2D eigenvalue weighted by molar-refractivity contribution is 1.21. The Morgan fingerprint density at radius 3 is 3.09 bits per heavy atom. The lowest BCUT2D eigenvalue weighted by Gasteiger charge is -2.12. The summed E-state index contributed by atoms with van der Waals surface area (Å²) >= 11 is 2.23. The van der Waals surface area contributed by atoms with Crippen LogP contribution in [0.3, 0.4) is 0 Å². The van der Waals surface area contributed by atoms with Crippen LogP contribution in [0.2, 0.25) is 0 Å². The predicted molar refractivity (Wildman–Crippen MR) is 55.8 cm³/mol. The number of pyridine rings is 1. The molecule has 1 rings (SSSR count). The molecular weight excluding hydrogens is 251 g/mol. The standard InChI is InChI=1S/C8H9IN2/c1-2-6-11(9)8-4-3-5-10-7-8/h2-5,7H,1,6H2. The van der Waals surface area contributed by atoms with E-state index in [1.165, 1.54) is 0 Å². The molecule has 3 heteroatoms. The monoisotopic (exact) mass is 260 g/mol. The molecule has 0 spiro atoms. The van der Waals surface area contributed by atoms with Gasteiger partial charge in [-0.3, -0.25) is 4.98 Å². The van der Waals surface area contributed by atoms with E-state index in [0.717, 1.165) is 12.2 Å². The van der Waals surface area contributed by atoms with Gasteiger partial charge in [0.15, 0.2) is 0 Å². The summed E-state index contributed by atoms with van der Waals surface area (Å²) in [5.41, 5.74) is 1.10. The Morgan fingerprint density at radius 2 is 2.55 bits per heavy atom. The first-order valence-corrected chi connectivity index (χ1v) is 4.25. The second-order valence-corrected chi connectivity index (χ2v) is 3.21. The number of halogens is 1. The summed E-state index contributed by atoms with van der Waals surface area (Å²) in [6.07, 6.45) is 5.46. The fraction of sp³-hybridized carbons (Fsp3) is 0.125. The fourth-order valence-corrected chi connectivity index (χ4v) is 1.28. The predicted octanol–water partition coefficient (Wildman–Crippen LogP) is 2.42. The zero-order valence-corrected chi connectivity index (χ0v) is 8.23. The molecule has 0 aliphatic rings. The quantitative estimate of drug-likeness (QED) is 0.471. The van der Waals surface area contributed by atoms with Gasteiger partial charge in [0.25, 0.3) is 0 Å². The summed E-state index contributed by atoms with van der Waals surface area (Å²) in [5, 5.41) is 0. The zero-order chi connectivity index (χ0) is 8.10. The topological polar surface area (TPSA) is 16.1 Å². The second kappa shape index (κ2) is 4.33. The molecule has 0 fully saturated rings. The highest BCUT2D eigenvalue weighted by molar-refractivity contribution is 14.1. The molecule has 1 aromatic heterocycles. The van der Waals surface area contributed by atoms with Gasteiger partial charge in [0.05, 0.1) is 34.7 Å². The van der Waals surface area contributed by atoms with Crippen LogP contribution in [0.4, 0.5) is 5.69 Å². The van der Waals surface area contributed by atoms with Crippen molar-refractivity contribution in [3.05, 3.63) is 37.2 Å². The van der Waals surface area contributed by atoms with Crippen molar-refractivity contribution in [1.29, 1.82) is 0 Å². The molecule has 0 aliphatic carbocycles. The van der Waals surface area contributed by atoms with Gasteiger partial charge in [0.1, 0.15) is 0 Å². The van der Waals surface area contributed by atoms with Crippen LogP contribution in [-0.4, -0.2) is 11.5 Å². The lowest BCUT2D eigenvalue weighted by atomic mass is 10.4. The van der Waals surface area contributed by atoms with Gasteiger partial charge >= 0.3 is 0 Å². The summed E-state index contributed by atoms with van der Waals surface area (Å²) in [6, 6.07) is 3.94. The van der Waals surface area contributed by atoms with E-state index in [1.54, 1.807) is 6.20 Å². The zero-order valence-electron chi connectivity index (χ0n) is 6.07. The summed E-state index contributed by atoms with van der Waals surface area (Å²) in [7, 11) is 0. The minimum Gasteiger partial charge on any atom is -0.309 e. The molecule has 2 nitrogen and oxygen atoms in total. The molecule has 0 bridgehead atoms. The Balaban J connectivity index is 2.68. The van der Waals surface area contributed by atoms with Crippen LogP contribution < -0.4 is 3.11 Å². The molecule has 1 heterocycles. The third-order valence-corrected chi connectivity index (χ3v) is 2.17. The molecule has 0 amide bonds. The molecule has 0 N–H and O–H groups in total. The van der Waals surface area contributed by atoms with Crippen molar-refractivity contribution in [2.75, 3.05) is 9.66 Å². The molecular formula is C8H9IN2. The van der Waals surface area contributed by atoms with Crippen LogP contribution in [0.1, 0.15) is 0 Å². The van der Waals surface area contributed by atoms with Crippen molar-refractivity contribution in [3.63, 3.8) is 0 Å². The minimum absolute atomic E-state index is 0.840. The fourth-order valence-electron chi connectivity index (χ4n) is 0.716. The van der Waals surface area contributed by atoms with Gasteiger partial charge in [0.2, 0.25) is 0 Å². The molecule has 0 unspecified atom stereocenters. The number of nitrogens with zero attached hydrogens (tertiary/aromatic N) is 2. The Bertz CT molecular complexity index is 223. The van der Waals surface area contributed by atoms with Gasteiger partial charge in [-0.1, -0.05) is 6.08 Å². The Kier molecular flexibility index (Phi) is 3.35. The van der Waals surface area contributed by atoms with Gasteiger partial charge in [-0.2, -0.15) is 0 Å². The van der Waals surface area contributed by atoms with Crippen molar-refractivity contribution >= 4 is 28.6 Å². The van der Waals surface area contributed by atoms with Crippen LogP contribution in [-0.2, 0) is 0 Å². The second-order valence-electron chi connectivity index (χ2n) is 2.04. The number of hydrogen-bond donors (Lipinski definition) is 0. The Labute approximate surface area is 80.4 Å². The number of rotatable bonds is 3. The molecule has 0 atom stereocenters. The summed E-state index contributed by atoms with van der Waals surface area (Å²) < 4.78 is 2.05. The van der Waals surface area contributed by atoms with E-state index in [-0.39, 0.29) is 0 Å². The third kappa shape index (κ3) is 2.49. The first kappa shape index (κ1) is 8.52. The minimum atomic E-state index is 0.840. The molecule has 11 heavy (non-hydrogen) atoms. The first-order chi connectivity index (χ1) is 5.34. The van der Waals surface area contributed by atoms with E-state index < -0.39 is 0 Å². The molecule has 0 saturated heterocycles. The largest absolute Gasteiger partial charge is 0.309 e. The van der Waals surface area contributed by atoms with Gasteiger partial charge in [0, 0.05) is 12.7 Å². The molecule has 1 aromatic rings. The molecule has 0 aromatic carbocycles. The maximum atomic E-state index is 4.01. The molecule has 0 radical (unpaired) electrons. The van der Waals surface area contributed by atoms with Crippen molar-refractivity contribution in [3.8, 4) is 0 Å². The van der Waals surface area contributed by atoms with E-state index in [9.17, 15) is 0 Å². The van der Waals surface area contributed by atoms with Crippen molar-refractivity contribution in [2.45, 2.75) is 0 Å². The van der Waals surface area contributed by atoms with Gasteiger partial charge in [-0.25, -0.2) is 0 Å². The van der Waals surface area contributed by atoms with Gasteiger partial charge in [-0.15, -0.1) is 6.58 Å².